The lowest BCUT2D eigenvalue weighted by atomic mass is 10.1. The van der Waals surface area contributed by atoms with E-state index in [9.17, 15) is 19.2 Å². The fourth-order valence-corrected chi connectivity index (χ4v) is 9.18. The Kier molecular flexibility index (Phi) is 6.41. The average Bonchev–Trinajstić information content (AvgIpc) is 3.43. The molecule has 0 saturated carbocycles. The van der Waals surface area contributed by atoms with Gasteiger partial charge in [-0.2, -0.15) is 0 Å². The smallest absolute Gasteiger partial charge is 0.327 e. The van der Waals surface area contributed by atoms with Crippen molar-refractivity contribution in [1.82, 2.24) is 20.4 Å². The molecule has 4 bridgehead atoms. The largest absolute Gasteiger partial charge is 0.348 e. The second-order valence-electron chi connectivity index (χ2n) is 11.8. The van der Waals surface area contributed by atoms with Crippen molar-refractivity contribution < 1.29 is 47.6 Å². The molecule has 0 aromatic carbocycles. The highest BCUT2D eigenvalue weighted by molar-refractivity contribution is 8.00. The van der Waals surface area contributed by atoms with Crippen LogP contribution in [0.3, 0.4) is 0 Å². The van der Waals surface area contributed by atoms with Crippen molar-refractivity contribution in [3.05, 3.63) is 0 Å². The van der Waals surface area contributed by atoms with Crippen molar-refractivity contribution >= 4 is 47.4 Å². The van der Waals surface area contributed by atoms with Crippen LogP contribution in [0.2, 0.25) is 0 Å². The number of amides is 6. The van der Waals surface area contributed by atoms with E-state index in [-0.39, 0.29) is 59.2 Å². The van der Waals surface area contributed by atoms with Crippen LogP contribution in [-0.4, -0.2) is 117 Å². The van der Waals surface area contributed by atoms with Crippen LogP contribution in [0.25, 0.3) is 0 Å². The summed E-state index contributed by atoms with van der Waals surface area (Å²) in [5.41, 5.74) is 0. The number of thioether (sulfide) groups is 2. The molecule has 0 spiro atoms. The fraction of sp³-hybridized carbons (Fsp3) is 0.833. The van der Waals surface area contributed by atoms with Crippen LogP contribution in [0.4, 0.5) is 9.59 Å². The summed E-state index contributed by atoms with van der Waals surface area (Å²) in [5.74, 6) is -0.411. The van der Waals surface area contributed by atoms with Gasteiger partial charge in [0.15, 0.2) is 24.0 Å². The summed E-state index contributed by atoms with van der Waals surface area (Å²) in [6, 6.07) is -0.809. The number of hydrogen-bond acceptors (Lipinski definition) is 12. The Morgan fingerprint density at radius 3 is 1.43 bits per heavy atom. The molecule has 0 aromatic heterocycles. The highest BCUT2D eigenvalue weighted by atomic mass is 32.2. The monoisotopic (exact) mass is 600 g/mol. The maximum atomic E-state index is 12.1. The number of ether oxygens (including phenoxy) is 6. The summed E-state index contributed by atoms with van der Waals surface area (Å²) < 4.78 is 35.5. The second kappa shape index (κ2) is 9.42. The van der Waals surface area contributed by atoms with Gasteiger partial charge in [0, 0.05) is 11.5 Å². The molecule has 220 valence electrons. The number of carbonyl (C=O) groups is 4. The first kappa shape index (κ1) is 27.2. The zero-order valence-corrected chi connectivity index (χ0v) is 24.0. The van der Waals surface area contributed by atoms with Crippen LogP contribution in [0.1, 0.15) is 40.5 Å². The van der Waals surface area contributed by atoms with E-state index in [0.29, 0.717) is 24.3 Å². The molecule has 0 radical (unpaired) electrons. The normalized spacial score (nSPS) is 45.7. The van der Waals surface area contributed by atoms with E-state index in [1.807, 2.05) is 27.7 Å². The quantitative estimate of drug-likeness (QED) is 0.398. The van der Waals surface area contributed by atoms with Crippen molar-refractivity contribution in [3.8, 4) is 0 Å². The fourth-order valence-electron chi connectivity index (χ4n) is 6.53. The van der Waals surface area contributed by atoms with Gasteiger partial charge < -0.3 is 28.4 Å². The zero-order chi connectivity index (χ0) is 28.1. The summed E-state index contributed by atoms with van der Waals surface area (Å²) in [5, 5.41) is 4.33. The standard InChI is InChI=1S/2C12H16N2O5S/c2*1-12(2)18-8-5-4-20-7-3-6(15)13-11(16)14(7)10(17-5)9(8)19-12/h2*5,7-10H,3-4H2,1-2H3,(H,13,15,16)/t2*5-,7+,8-,9-,10-/m11/s1. The van der Waals surface area contributed by atoms with Crippen molar-refractivity contribution in [3.63, 3.8) is 0 Å². The van der Waals surface area contributed by atoms with Crippen LogP contribution in [-0.2, 0) is 38.0 Å². The molecular formula is C24H32N4O10S2. The maximum Gasteiger partial charge on any atom is 0.327 e. The van der Waals surface area contributed by atoms with E-state index >= 15 is 0 Å². The third-order valence-electron chi connectivity index (χ3n) is 8.01. The maximum absolute atomic E-state index is 12.1. The second-order valence-corrected chi connectivity index (χ2v) is 14.2. The summed E-state index contributed by atoms with van der Waals surface area (Å²) in [6.07, 6.45) is -1.50. The average molecular weight is 601 g/mol. The Labute approximate surface area is 238 Å². The minimum Gasteiger partial charge on any atom is -0.348 e. The Hall–Kier alpha value is -1.66. The minimum absolute atomic E-state index is 0.106. The van der Waals surface area contributed by atoms with Gasteiger partial charge in [0.2, 0.25) is 11.8 Å². The first-order valence-electron chi connectivity index (χ1n) is 13.4. The van der Waals surface area contributed by atoms with Crippen molar-refractivity contribution in [2.75, 3.05) is 11.5 Å². The molecule has 8 aliphatic heterocycles. The lowest BCUT2D eigenvalue weighted by Gasteiger charge is -2.38. The van der Waals surface area contributed by atoms with Gasteiger partial charge in [-0.05, 0) is 27.7 Å². The minimum atomic E-state index is -0.664. The molecular weight excluding hydrogens is 568 g/mol. The number of hydrogen-bond donors (Lipinski definition) is 2. The van der Waals surface area contributed by atoms with E-state index in [1.54, 1.807) is 33.3 Å². The van der Waals surface area contributed by atoms with Crippen molar-refractivity contribution in [1.29, 1.82) is 0 Å². The summed E-state index contributed by atoms with van der Waals surface area (Å²) >= 11 is 3.14. The van der Waals surface area contributed by atoms with E-state index < -0.39 is 36.1 Å². The molecule has 6 amide bonds. The van der Waals surface area contributed by atoms with E-state index in [0.717, 1.165) is 0 Å². The van der Waals surface area contributed by atoms with Crippen LogP contribution in [0.15, 0.2) is 0 Å². The van der Waals surface area contributed by atoms with Crippen LogP contribution >= 0.6 is 23.5 Å². The van der Waals surface area contributed by atoms with Crippen LogP contribution in [0, 0.1) is 0 Å². The number of nitrogens with zero attached hydrogens (tertiary/aromatic N) is 2. The van der Waals surface area contributed by atoms with Gasteiger partial charge in [-0.1, -0.05) is 0 Å². The molecule has 8 rings (SSSR count). The molecule has 0 aromatic rings. The van der Waals surface area contributed by atoms with Gasteiger partial charge in [-0.15, -0.1) is 23.5 Å². The molecule has 8 aliphatic rings. The number of rotatable bonds is 0. The third-order valence-corrected chi connectivity index (χ3v) is 10.6. The summed E-state index contributed by atoms with van der Waals surface area (Å²) in [4.78, 5) is 50.5. The van der Waals surface area contributed by atoms with E-state index in [2.05, 4.69) is 10.6 Å². The lowest BCUT2D eigenvalue weighted by molar-refractivity contribution is -0.198. The SMILES string of the molecule is CC1(C)O[C@@H]2[C@H](O1)[C@H]1CS[C@H]3CC(=O)NC(=O)N3[C@@H]2O1.CC1(C)O[C@@H]2[C@H](O1)[C@H]1CS[C@H]3CC(=O)NC(=O)N3[C@@H]2O1. The third kappa shape index (κ3) is 4.51. The van der Waals surface area contributed by atoms with E-state index in [4.69, 9.17) is 28.4 Å². The predicted octanol–water partition coefficient (Wildman–Crippen LogP) is 0.492. The molecule has 2 N–H and O–H groups in total. The Morgan fingerprint density at radius 2 is 1.02 bits per heavy atom. The van der Waals surface area contributed by atoms with Gasteiger partial charge in [-0.25, -0.2) is 9.59 Å². The lowest BCUT2D eigenvalue weighted by Crippen LogP contribution is -2.60. The number of carbonyl (C=O) groups excluding carboxylic acids is 4. The molecule has 8 heterocycles. The number of urea groups is 2. The Bertz CT molecular complexity index is 1050. The van der Waals surface area contributed by atoms with Crippen LogP contribution < -0.4 is 10.6 Å². The van der Waals surface area contributed by atoms with Gasteiger partial charge in [0.1, 0.15) is 24.4 Å². The highest BCUT2D eigenvalue weighted by Gasteiger charge is 2.62. The number of fused-ring (bicyclic) bond motifs is 14. The summed E-state index contributed by atoms with van der Waals surface area (Å²) in [6.45, 7) is 7.45. The number of imide groups is 2. The van der Waals surface area contributed by atoms with Gasteiger partial charge in [0.25, 0.3) is 0 Å². The summed E-state index contributed by atoms with van der Waals surface area (Å²) in [7, 11) is 0. The first-order chi connectivity index (χ1) is 18.9. The first-order valence-corrected chi connectivity index (χ1v) is 15.5. The molecule has 14 nitrogen and oxygen atoms in total. The van der Waals surface area contributed by atoms with Crippen LogP contribution in [0.5, 0.6) is 0 Å². The molecule has 40 heavy (non-hydrogen) atoms. The zero-order valence-electron chi connectivity index (χ0n) is 22.4. The molecule has 16 heteroatoms. The topological polar surface area (TPSA) is 154 Å². The molecule has 8 fully saturated rings. The Morgan fingerprint density at radius 1 is 0.650 bits per heavy atom. The molecule has 10 atom stereocenters. The van der Waals surface area contributed by atoms with Crippen molar-refractivity contribution in [2.45, 2.75) is 112 Å². The number of nitrogens with one attached hydrogen (secondary N) is 2. The van der Waals surface area contributed by atoms with Gasteiger partial charge in [-0.3, -0.25) is 30.0 Å². The van der Waals surface area contributed by atoms with Gasteiger partial charge in [0.05, 0.1) is 35.8 Å². The highest BCUT2D eigenvalue weighted by Crippen LogP contribution is 2.47. The molecule has 0 unspecified atom stereocenters. The van der Waals surface area contributed by atoms with Crippen molar-refractivity contribution in [2.24, 2.45) is 0 Å². The van der Waals surface area contributed by atoms with Gasteiger partial charge >= 0.3 is 12.1 Å². The predicted molar refractivity (Wildman–Crippen MR) is 137 cm³/mol. The molecule has 8 saturated heterocycles. The van der Waals surface area contributed by atoms with E-state index in [1.165, 1.54) is 0 Å². The Balaban J connectivity index is 0.000000132. The molecule has 0 aliphatic carbocycles.